The molecule has 128 valence electrons. The third-order valence-electron chi connectivity index (χ3n) is 3.38. The van der Waals surface area contributed by atoms with Crippen molar-refractivity contribution in [3.05, 3.63) is 58.1 Å². The molecule has 4 nitrogen and oxygen atoms in total. The molecule has 2 aromatic carbocycles. The van der Waals surface area contributed by atoms with Gasteiger partial charge in [-0.1, -0.05) is 34.1 Å². The highest BCUT2D eigenvalue weighted by molar-refractivity contribution is 9.10. The zero-order valence-electron chi connectivity index (χ0n) is 13.1. The van der Waals surface area contributed by atoms with E-state index >= 15 is 0 Å². The SMILES string of the molecule is Cc1ccc(Br)cc1NC(=O)NC(C)c1cccc(OC(F)F)c1. The monoisotopic (exact) mass is 398 g/mol. The zero-order chi connectivity index (χ0) is 17.7. The van der Waals surface area contributed by atoms with Crippen molar-refractivity contribution in [2.45, 2.75) is 26.5 Å². The van der Waals surface area contributed by atoms with Gasteiger partial charge in [0, 0.05) is 10.2 Å². The molecule has 0 fully saturated rings. The number of carbonyl (C=O) groups is 1. The zero-order valence-corrected chi connectivity index (χ0v) is 14.7. The van der Waals surface area contributed by atoms with Crippen LogP contribution in [0, 0.1) is 6.92 Å². The van der Waals surface area contributed by atoms with E-state index in [0.29, 0.717) is 11.3 Å². The van der Waals surface area contributed by atoms with Gasteiger partial charge < -0.3 is 15.4 Å². The van der Waals surface area contributed by atoms with Crippen molar-refractivity contribution >= 4 is 27.6 Å². The summed E-state index contributed by atoms with van der Waals surface area (Å²) in [5.41, 5.74) is 2.27. The van der Waals surface area contributed by atoms with Crippen molar-refractivity contribution < 1.29 is 18.3 Å². The first kappa shape index (κ1) is 18.2. The number of hydrogen-bond donors (Lipinski definition) is 2. The maximum atomic E-state index is 12.3. The molecule has 1 atom stereocenters. The highest BCUT2D eigenvalue weighted by atomic mass is 79.9. The molecule has 0 radical (unpaired) electrons. The van der Waals surface area contributed by atoms with E-state index in [1.54, 1.807) is 25.1 Å². The van der Waals surface area contributed by atoms with Gasteiger partial charge in [0.2, 0.25) is 0 Å². The topological polar surface area (TPSA) is 50.4 Å². The summed E-state index contributed by atoms with van der Waals surface area (Å²) in [5, 5.41) is 5.53. The maximum Gasteiger partial charge on any atom is 0.387 e. The van der Waals surface area contributed by atoms with Crippen LogP contribution in [0.4, 0.5) is 19.3 Å². The minimum atomic E-state index is -2.88. The number of anilines is 1. The van der Waals surface area contributed by atoms with Crippen molar-refractivity contribution in [2.75, 3.05) is 5.32 Å². The van der Waals surface area contributed by atoms with E-state index in [9.17, 15) is 13.6 Å². The molecule has 0 spiro atoms. The van der Waals surface area contributed by atoms with Crippen molar-refractivity contribution in [1.82, 2.24) is 5.32 Å². The van der Waals surface area contributed by atoms with Gasteiger partial charge in [0.25, 0.3) is 0 Å². The Kier molecular flexibility index (Phi) is 6.14. The molecule has 0 saturated carbocycles. The van der Waals surface area contributed by atoms with E-state index in [2.05, 4.69) is 31.3 Å². The molecule has 2 amide bonds. The number of hydrogen-bond acceptors (Lipinski definition) is 2. The molecule has 24 heavy (non-hydrogen) atoms. The van der Waals surface area contributed by atoms with E-state index < -0.39 is 6.61 Å². The number of aryl methyl sites for hydroxylation is 1. The second kappa shape index (κ2) is 8.10. The Hall–Kier alpha value is -2.15. The molecule has 1 unspecified atom stereocenters. The number of halogens is 3. The predicted molar refractivity (Wildman–Crippen MR) is 92.5 cm³/mol. The summed E-state index contributed by atoms with van der Waals surface area (Å²) in [7, 11) is 0. The summed E-state index contributed by atoms with van der Waals surface area (Å²) in [6.45, 7) is 0.761. The fourth-order valence-electron chi connectivity index (χ4n) is 2.13. The quantitative estimate of drug-likeness (QED) is 0.723. The first-order valence-electron chi connectivity index (χ1n) is 7.23. The number of benzene rings is 2. The van der Waals surface area contributed by atoms with Crippen molar-refractivity contribution in [3.8, 4) is 5.75 Å². The maximum absolute atomic E-state index is 12.3. The molecular formula is C17H17BrF2N2O2. The van der Waals surface area contributed by atoms with Crippen molar-refractivity contribution in [3.63, 3.8) is 0 Å². The molecule has 0 heterocycles. The second-order valence-corrected chi connectivity index (χ2v) is 6.15. The third-order valence-corrected chi connectivity index (χ3v) is 3.87. The van der Waals surface area contributed by atoms with Crippen LogP contribution in [0.15, 0.2) is 46.9 Å². The lowest BCUT2D eigenvalue weighted by molar-refractivity contribution is -0.0499. The number of urea groups is 1. The average molecular weight is 399 g/mol. The molecule has 2 rings (SSSR count). The van der Waals surface area contributed by atoms with Crippen LogP contribution in [0.5, 0.6) is 5.75 Å². The predicted octanol–water partition coefficient (Wildman–Crippen LogP) is 5.24. The summed E-state index contributed by atoms with van der Waals surface area (Å²) in [6.07, 6.45) is 0. The van der Waals surface area contributed by atoms with Crippen molar-refractivity contribution in [2.24, 2.45) is 0 Å². The summed E-state index contributed by atoms with van der Waals surface area (Å²) in [6, 6.07) is 11.0. The van der Waals surface area contributed by atoms with Gasteiger partial charge in [-0.15, -0.1) is 0 Å². The van der Waals surface area contributed by atoms with Gasteiger partial charge in [0.1, 0.15) is 5.75 Å². The van der Waals surface area contributed by atoms with Crippen LogP contribution < -0.4 is 15.4 Å². The van der Waals surface area contributed by atoms with Crippen LogP contribution >= 0.6 is 15.9 Å². The highest BCUT2D eigenvalue weighted by Gasteiger charge is 2.12. The molecule has 7 heteroatoms. The first-order chi connectivity index (χ1) is 11.3. The lowest BCUT2D eigenvalue weighted by Crippen LogP contribution is -2.31. The highest BCUT2D eigenvalue weighted by Crippen LogP contribution is 2.22. The van der Waals surface area contributed by atoms with Crippen LogP contribution in [0.2, 0.25) is 0 Å². The first-order valence-corrected chi connectivity index (χ1v) is 8.03. The van der Waals surface area contributed by atoms with Crippen LogP contribution in [0.25, 0.3) is 0 Å². The number of carbonyl (C=O) groups excluding carboxylic acids is 1. The summed E-state index contributed by atoms with van der Waals surface area (Å²) in [5.74, 6) is 0.0550. The molecular weight excluding hydrogens is 382 g/mol. The second-order valence-electron chi connectivity index (χ2n) is 5.23. The van der Waals surface area contributed by atoms with Crippen LogP contribution in [-0.4, -0.2) is 12.6 Å². The fourth-order valence-corrected chi connectivity index (χ4v) is 2.49. The average Bonchev–Trinajstić information content (AvgIpc) is 2.50. The van der Waals surface area contributed by atoms with Gasteiger partial charge in [0.05, 0.1) is 6.04 Å². The number of rotatable bonds is 5. The Morgan fingerprint density at radius 1 is 1.21 bits per heavy atom. The van der Waals surface area contributed by atoms with E-state index in [1.165, 1.54) is 12.1 Å². The summed E-state index contributed by atoms with van der Waals surface area (Å²) >= 11 is 3.35. The summed E-state index contributed by atoms with van der Waals surface area (Å²) in [4.78, 5) is 12.1. The van der Waals surface area contributed by atoms with Gasteiger partial charge >= 0.3 is 12.6 Å². The number of amides is 2. The normalized spacial score (nSPS) is 11.9. The van der Waals surface area contributed by atoms with Gasteiger partial charge in [-0.05, 0) is 49.2 Å². The number of alkyl halides is 2. The Morgan fingerprint density at radius 3 is 2.67 bits per heavy atom. The molecule has 0 bridgehead atoms. The molecule has 0 aliphatic carbocycles. The molecule has 2 aromatic rings. The van der Waals surface area contributed by atoms with E-state index in [1.807, 2.05) is 19.1 Å². The van der Waals surface area contributed by atoms with Gasteiger partial charge in [-0.3, -0.25) is 0 Å². The van der Waals surface area contributed by atoms with E-state index in [4.69, 9.17) is 0 Å². The molecule has 0 saturated heterocycles. The lowest BCUT2D eigenvalue weighted by atomic mass is 10.1. The lowest BCUT2D eigenvalue weighted by Gasteiger charge is -2.17. The van der Waals surface area contributed by atoms with Crippen LogP contribution in [0.3, 0.4) is 0 Å². The van der Waals surface area contributed by atoms with Gasteiger partial charge in [-0.25, -0.2) is 4.79 Å². The standard InChI is InChI=1S/C17H17BrF2N2O2/c1-10-6-7-13(18)9-15(10)22-17(23)21-11(2)12-4-3-5-14(8-12)24-16(19)20/h3-9,11,16H,1-2H3,(H2,21,22,23). The molecule has 2 N–H and O–H groups in total. The van der Waals surface area contributed by atoms with Crippen LogP contribution in [0.1, 0.15) is 24.1 Å². The minimum absolute atomic E-state index is 0.0550. The molecule has 0 aromatic heterocycles. The Balaban J connectivity index is 2.02. The number of nitrogens with one attached hydrogen (secondary N) is 2. The third kappa shape index (κ3) is 5.19. The molecule has 0 aliphatic rings. The largest absolute Gasteiger partial charge is 0.435 e. The Morgan fingerprint density at radius 2 is 1.96 bits per heavy atom. The van der Waals surface area contributed by atoms with Gasteiger partial charge in [-0.2, -0.15) is 8.78 Å². The van der Waals surface area contributed by atoms with Gasteiger partial charge in [0.15, 0.2) is 0 Å². The fraction of sp³-hybridized carbons (Fsp3) is 0.235. The van der Waals surface area contributed by atoms with E-state index in [0.717, 1.165) is 10.0 Å². The smallest absolute Gasteiger partial charge is 0.387 e. The Bertz CT molecular complexity index is 725. The van der Waals surface area contributed by atoms with Crippen molar-refractivity contribution in [1.29, 1.82) is 0 Å². The Labute approximate surface area is 147 Å². The summed E-state index contributed by atoms with van der Waals surface area (Å²) < 4.78 is 29.8. The van der Waals surface area contributed by atoms with E-state index in [-0.39, 0.29) is 17.8 Å². The van der Waals surface area contributed by atoms with Crippen LogP contribution in [-0.2, 0) is 0 Å². The molecule has 0 aliphatic heterocycles. The minimum Gasteiger partial charge on any atom is -0.435 e. The number of ether oxygens (including phenoxy) is 1.